The predicted octanol–water partition coefficient (Wildman–Crippen LogP) is 6.72. The van der Waals surface area contributed by atoms with Crippen LogP contribution >= 0.6 is 27.5 Å². The Hall–Kier alpha value is -1.79. The lowest BCUT2D eigenvalue weighted by Crippen LogP contribution is -2.19. The van der Waals surface area contributed by atoms with E-state index in [-0.39, 0.29) is 16.1 Å². The minimum Gasteiger partial charge on any atom is -0.478 e. The van der Waals surface area contributed by atoms with Crippen molar-refractivity contribution in [2.75, 3.05) is 0 Å². The molecule has 0 fully saturated rings. The largest absolute Gasteiger partial charge is 0.478 e. The number of allylic oxidation sites excluding steroid dienone is 1. The predicted molar refractivity (Wildman–Crippen MR) is 99.8 cm³/mol. The molecule has 0 radical (unpaired) electrons. The number of aryl methyl sites for hydroxylation is 1. The zero-order valence-electron chi connectivity index (χ0n) is 13.6. The molecule has 7 heteroatoms. The van der Waals surface area contributed by atoms with Gasteiger partial charge in [0.1, 0.15) is 0 Å². The van der Waals surface area contributed by atoms with Crippen LogP contribution in [0.5, 0.6) is 0 Å². The highest BCUT2D eigenvalue weighted by atomic mass is 79.9. The number of rotatable bonds is 5. The molecule has 1 N–H and O–H groups in total. The first-order valence-corrected chi connectivity index (χ1v) is 8.86. The summed E-state index contributed by atoms with van der Waals surface area (Å²) in [5, 5.41) is 9.26. The second-order valence-corrected chi connectivity index (χ2v) is 6.96. The molecule has 138 valence electrons. The highest BCUT2D eigenvalue weighted by Gasteiger charge is 2.39. The van der Waals surface area contributed by atoms with Crippen LogP contribution in [0.3, 0.4) is 0 Å². The maximum Gasteiger partial charge on any atom is 0.399 e. The summed E-state index contributed by atoms with van der Waals surface area (Å²) < 4.78 is 40.9. The van der Waals surface area contributed by atoms with Crippen LogP contribution < -0.4 is 0 Å². The van der Waals surface area contributed by atoms with Gasteiger partial charge < -0.3 is 5.11 Å². The van der Waals surface area contributed by atoms with Crippen LogP contribution in [0.2, 0.25) is 5.02 Å². The van der Waals surface area contributed by atoms with E-state index in [9.17, 15) is 18.0 Å². The van der Waals surface area contributed by atoms with Gasteiger partial charge in [-0.1, -0.05) is 42.8 Å². The first-order chi connectivity index (χ1) is 12.1. The van der Waals surface area contributed by atoms with Crippen molar-refractivity contribution < 1.29 is 23.1 Å². The topological polar surface area (TPSA) is 37.3 Å². The number of carboxylic acids is 1. The average Bonchev–Trinajstić information content (AvgIpc) is 2.53. The molecule has 2 aromatic rings. The Bertz CT molecular complexity index is 847. The number of halogens is 5. The number of hydrogen-bond acceptors (Lipinski definition) is 1. The molecule has 0 saturated heterocycles. The third-order valence-corrected chi connectivity index (χ3v) is 4.68. The molecule has 0 bridgehead atoms. The molecule has 0 aliphatic heterocycles. The molecular weight excluding hydrogens is 433 g/mol. The fourth-order valence-corrected chi connectivity index (χ4v) is 3.32. The summed E-state index contributed by atoms with van der Waals surface area (Å²) in [6.07, 6.45) is -1.54. The lowest BCUT2D eigenvalue weighted by Gasteiger charge is -2.18. The first-order valence-electron chi connectivity index (χ1n) is 7.69. The van der Waals surface area contributed by atoms with Gasteiger partial charge in [0.05, 0.1) is 11.5 Å². The lowest BCUT2D eigenvalue weighted by atomic mass is 9.94. The SMILES string of the molecule is CCc1cc(Cl)cc(C(/C=C/c2ccc(C(=O)O)c(Br)c2)C(F)(F)F)c1. The van der Waals surface area contributed by atoms with Gasteiger partial charge in [0.25, 0.3) is 0 Å². The van der Waals surface area contributed by atoms with E-state index in [1.807, 2.05) is 6.92 Å². The molecule has 0 aliphatic carbocycles. The van der Waals surface area contributed by atoms with E-state index in [4.69, 9.17) is 16.7 Å². The minimum atomic E-state index is -4.48. The minimum absolute atomic E-state index is 0.0388. The van der Waals surface area contributed by atoms with Crippen LogP contribution in [-0.4, -0.2) is 17.3 Å². The molecule has 0 spiro atoms. The summed E-state index contributed by atoms with van der Waals surface area (Å²) in [6, 6.07) is 8.70. The van der Waals surface area contributed by atoms with Gasteiger partial charge in [-0.2, -0.15) is 13.2 Å². The average molecular weight is 448 g/mol. The highest BCUT2D eigenvalue weighted by Crippen LogP contribution is 2.38. The Morgan fingerprint density at radius 3 is 2.50 bits per heavy atom. The number of hydrogen-bond donors (Lipinski definition) is 1. The fourth-order valence-electron chi connectivity index (χ4n) is 2.48. The molecule has 0 aliphatic rings. The van der Waals surface area contributed by atoms with Gasteiger partial charge in [0, 0.05) is 9.50 Å². The highest BCUT2D eigenvalue weighted by molar-refractivity contribution is 9.10. The van der Waals surface area contributed by atoms with Gasteiger partial charge in [-0.15, -0.1) is 0 Å². The summed E-state index contributed by atoms with van der Waals surface area (Å²) in [7, 11) is 0. The van der Waals surface area contributed by atoms with Crippen molar-refractivity contribution in [2.24, 2.45) is 0 Å². The summed E-state index contributed by atoms with van der Waals surface area (Å²) in [5.41, 5.74) is 1.29. The third-order valence-electron chi connectivity index (χ3n) is 3.80. The van der Waals surface area contributed by atoms with E-state index >= 15 is 0 Å². The smallest absolute Gasteiger partial charge is 0.399 e. The quantitative estimate of drug-likeness (QED) is 0.552. The molecule has 1 atom stereocenters. The maximum atomic E-state index is 13.5. The van der Waals surface area contributed by atoms with Crippen molar-refractivity contribution >= 4 is 39.6 Å². The number of aromatic carboxylic acids is 1. The molecule has 0 saturated carbocycles. The summed E-state index contributed by atoms with van der Waals surface area (Å²) in [4.78, 5) is 11.0. The normalized spacial score (nSPS) is 13.2. The van der Waals surface area contributed by atoms with Crippen LogP contribution in [0.4, 0.5) is 13.2 Å². The number of carboxylic acid groups (broad SMARTS) is 1. The van der Waals surface area contributed by atoms with E-state index in [1.54, 1.807) is 6.07 Å². The van der Waals surface area contributed by atoms with Gasteiger partial charge in [-0.05, 0) is 63.3 Å². The first kappa shape index (κ1) is 20.5. The van der Waals surface area contributed by atoms with Gasteiger partial charge in [-0.25, -0.2) is 4.79 Å². The van der Waals surface area contributed by atoms with E-state index in [0.717, 1.165) is 11.6 Å². The molecule has 0 heterocycles. The van der Waals surface area contributed by atoms with E-state index in [2.05, 4.69) is 15.9 Å². The molecule has 26 heavy (non-hydrogen) atoms. The van der Waals surface area contributed by atoms with Crippen LogP contribution in [0.1, 0.15) is 39.9 Å². The van der Waals surface area contributed by atoms with E-state index < -0.39 is 18.1 Å². The number of carbonyl (C=O) groups is 1. The van der Waals surface area contributed by atoms with Crippen LogP contribution in [0, 0.1) is 0 Å². The lowest BCUT2D eigenvalue weighted by molar-refractivity contribution is -0.139. The van der Waals surface area contributed by atoms with Gasteiger partial charge in [-0.3, -0.25) is 0 Å². The van der Waals surface area contributed by atoms with E-state index in [0.29, 0.717) is 16.5 Å². The summed E-state index contributed by atoms with van der Waals surface area (Å²) in [6.45, 7) is 1.84. The zero-order valence-corrected chi connectivity index (χ0v) is 16.0. The zero-order chi connectivity index (χ0) is 19.5. The Kier molecular flexibility index (Phi) is 6.53. The standard InChI is InChI=1S/C19H15BrClF3O2/c1-2-11-7-13(10-14(21)8-11)16(19(22,23)24)6-4-12-3-5-15(18(25)26)17(20)9-12/h3-10,16H,2H2,1H3,(H,25,26)/b6-4+. The van der Waals surface area contributed by atoms with Gasteiger partial charge in [0.2, 0.25) is 0 Å². The Morgan fingerprint density at radius 1 is 1.27 bits per heavy atom. The Labute approximate surface area is 162 Å². The summed E-state index contributed by atoms with van der Waals surface area (Å²) >= 11 is 9.07. The van der Waals surface area contributed by atoms with Crippen molar-refractivity contribution in [1.29, 1.82) is 0 Å². The Morgan fingerprint density at radius 2 is 1.96 bits per heavy atom. The number of benzene rings is 2. The van der Waals surface area contributed by atoms with Gasteiger partial charge in [0.15, 0.2) is 0 Å². The monoisotopic (exact) mass is 446 g/mol. The Balaban J connectivity index is 2.41. The van der Waals surface area contributed by atoms with Crippen molar-refractivity contribution in [3.8, 4) is 0 Å². The van der Waals surface area contributed by atoms with Crippen molar-refractivity contribution in [2.45, 2.75) is 25.4 Å². The maximum absolute atomic E-state index is 13.5. The summed E-state index contributed by atoms with van der Waals surface area (Å²) in [5.74, 6) is -2.93. The second-order valence-electron chi connectivity index (χ2n) is 5.67. The van der Waals surface area contributed by atoms with Crippen molar-refractivity contribution in [3.63, 3.8) is 0 Å². The fraction of sp³-hybridized carbons (Fsp3) is 0.211. The van der Waals surface area contributed by atoms with Crippen LogP contribution in [-0.2, 0) is 6.42 Å². The van der Waals surface area contributed by atoms with Crippen molar-refractivity contribution in [1.82, 2.24) is 0 Å². The van der Waals surface area contributed by atoms with Crippen molar-refractivity contribution in [3.05, 3.63) is 74.2 Å². The third kappa shape index (κ3) is 5.11. The molecule has 2 rings (SSSR count). The second kappa shape index (κ2) is 8.27. The molecule has 2 nitrogen and oxygen atoms in total. The molecule has 2 aromatic carbocycles. The molecular formula is C19H15BrClF3O2. The van der Waals surface area contributed by atoms with Crippen LogP contribution in [0.15, 0.2) is 46.9 Å². The molecule has 0 aromatic heterocycles. The van der Waals surface area contributed by atoms with Gasteiger partial charge >= 0.3 is 12.1 Å². The van der Waals surface area contributed by atoms with Crippen LogP contribution in [0.25, 0.3) is 6.08 Å². The molecule has 0 amide bonds. The van der Waals surface area contributed by atoms with E-state index in [1.165, 1.54) is 36.4 Å². The molecule has 1 unspecified atom stereocenters. The number of alkyl halides is 3.